The van der Waals surface area contributed by atoms with E-state index < -0.39 is 24.7 Å². The maximum Gasteiger partial charge on any atom is 0.255 e. The Morgan fingerprint density at radius 3 is 2.65 bits per heavy atom. The molecule has 1 spiro atoms. The molecule has 1 aromatic carbocycles. The van der Waals surface area contributed by atoms with Crippen molar-refractivity contribution in [2.24, 2.45) is 0 Å². The molecule has 0 aromatic heterocycles. The van der Waals surface area contributed by atoms with Crippen LogP contribution in [0.25, 0.3) is 0 Å². The largest absolute Gasteiger partial charge is 0.316 e. The van der Waals surface area contributed by atoms with Crippen molar-refractivity contribution in [3.05, 3.63) is 34.9 Å². The number of carbonyl (C=O) groups excluding carboxylic acids is 1. The second kappa shape index (κ2) is 4.52. The molecule has 2 aliphatic rings. The molecular weight excluding hydrogens is 262 g/mol. The molecule has 2 fully saturated rings. The highest BCUT2D eigenvalue weighted by Gasteiger charge is 2.59. The van der Waals surface area contributed by atoms with E-state index in [4.69, 9.17) is 0 Å². The van der Waals surface area contributed by atoms with Gasteiger partial charge >= 0.3 is 0 Å². The van der Waals surface area contributed by atoms with Gasteiger partial charge in [0.2, 0.25) is 5.91 Å². The first-order valence-electron chi connectivity index (χ1n) is 6.87. The average molecular weight is 280 g/mol. The van der Waals surface area contributed by atoms with E-state index in [-0.39, 0.29) is 5.91 Å². The van der Waals surface area contributed by atoms with Gasteiger partial charge in [-0.1, -0.05) is 23.8 Å². The zero-order valence-electron chi connectivity index (χ0n) is 11.6. The molecule has 1 atom stereocenters. The number of benzene rings is 1. The first-order chi connectivity index (χ1) is 9.43. The van der Waals surface area contributed by atoms with Crippen molar-refractivity contribution in [3.63, 3.8) is 0 Å². The van der Waals surface area contributed by atoms with Crippen molar-refractivity contribution in [2.45, 2.75) is 44.8 Å². The van der Waals surface area contributed by atoms with Gasteiger partial charge in [-0.25, -0.2) is 8.78 Å². The normalized spacial score (nSPS) is 23.9. The van der Waals surface area contributed by atoms with Crippen molar-refractivity contribution in [1.82, 2.24) is 10.2 Å². The highest BCUT2D eigenvalue weighted by Crippen LogP contribution is 2.46. The zero-order valence-corrected chi connectivity index (χ0v) is 11.6. The Labute approximate surface area is 117 Å². The summed E-state index contributed by atoms with van der Waals surface area (Å²) in [5.74, 6) is -0.178. The number of nitrogens with zero attached hydrogens (tertiary/aromatic N) is 1. The number of carbonyl (C=O) groups is 1. The summed E-state index contributed by atoms with van der Waals surface area (Å²) < 4.78 is 25.5. The molecule has 1 aromatic rings. The molecule has 0 radical (unpaired) electrons. The Balaban J connectivity index is 1.95. The van der Waals surface area contributed by atoms with Crippen LogP contribution in [0.4, 0.5) is 8.78 Å². The Hall–Kier alpha value is -1.49. The summed E-state index contributed by atoms with van der Waals surface area (Å²) in [4.78, 5) is 13.6. The van der Waals surface area contributed by atoms with Crippen LogP contribution in [0, 0.1) is 13.8 Å². The van der Waals surface area contributed by atoms with Gasteiger partial charge in [-0.15, -0.1) is 0 Å². The molecule has 3 nitrogen and oxygen atoms in total. The second-order valence-corrected chi connectivity index (χ2v) is 5.84. The van der Waals surface area contributed by atoms with E-state index in [1.807, 2.05) is 32.0 Å². The molecular formula is C15H18F2N2O. The number of nitrogens with one attached hydrogen (secondary N) is 1. The molecule has 1 aliphatic carbocycles. The highest BCUT2D eigenvalue weighted by atomic mass is 19.3. The van der Waals surface area contributed by atoms with Gasteiger partial charge in [0, 0.05) is 0 Å². The van der Waals surface area contributed by atoms with Gasteiger partial charge < -0.3 is 4.90 Å². The minimum absolute atomic E-state index is 0.178. The maximum absolute atomic E-state index is 12.8. The van der Waals surface area contributed by atoms with Crippen LogP contribution in [-0.4, -0.2) is 29.3 Å². The van der Waals surface area contributed by atoms with Crippen LogP contribution in [-0.2, 0) is 4.79 Å². The van der Waals surface area contributed by atoms with Gasteiger partial charge in [0.1, 0.15) is 11.7 Å². The van der Waals surface area contributed by atoms with Gasteiger partial charge in [0.15, 0.2) is 0 Å². The SMILES string of the molecule is Cc1ccc(C2NC3(CC3)C(=O)N2CC(F)F)c(C)c1. The summed E-state index contributed by atoms with van der Waals surface area (Å²) in [5.41, 5.74) is 2.48. The predicted molar refractivity (Wildman–Crippen MR) is 71.5 cm³/mol. The van der Waals surface area contributed by atoms with Gasteiger partial charge in [-0.05, 0) is 37.8 Å². The summed E-state index contributed by atoms with van der Waals surface area (Å²) in [6.07, 6.45) is -1.46. The molecule has 1 aliphatic heterocycles. The third-order valence-electron chi connectivity index (χ3n) is 4.20. The fourth-order valence-corrected chi connectivity index (χ4v) is 2.99. The van der Waals surface area contributed by atoms with Gasteiger partial charge in [-0.2, -0.15) is 0 Å². The maximum atomic E-state index is 12.8. The molecule has 5 heteroatoms. The summed E-state index contributed by atoms with van der Waals surface area (Å²) in [7, 11) is 0. The van der Waals surface area contributed by atoms with E-state index in [1.54, 1.807) is 0 Å². The van der Waals surface area contributed by atoms with Crippen molar-refractivity contribution in [1.29, 1.82) is 0 Å². The van der Waals surface area contributed by atoms with E-state index in [9.17, 15) is 13.6 Å². The fourth-order valence-electron chi connectivity index (χ4n) is 2.99. The number of aryl methyl sites for hydroxylation is 2. The number of hydrogen-bond donors (Lipinski definition) is 1. The number of rotatable bonds is 3. The smallest absolute Gasteiger partial charge is 0.255 e. The molecule has 108 valence electrons. The van der Waals surface area contributed by atoms with Crippen molar-refractivity contribution in [3.8, 4) is 0 Å². The Kier molecular flexibility index (Phi) is 3.05. The van der Waals surface area contributed by atoms with E-state index in [2.05, 4.69) is 5.32 Å². The summed E-state index contributed by atoms with van der Waals surface area (Å²) >= 11 is 0. The molecule has 1 amide bonds. The number of alkyl halides is 2. The lowest BCUT2D eigenvalue weighted by molar-refractivity contribution is -0.132. The molecule has 1 N–H and O–H groups in total. The molecule has 3 rings (SSSR count). The van der Waals surface area contributed by atoms with E-state index >= 15 is 0 Å². The van der Waals surface area contributed by atoms with E-state index in [0.29, 0.717) is 0 Å². The second-order valence-electron chi connectivity index (χ2n) is 5.84. The topological polar surface area (TPSA) is 32.3 Å². The lowest BCUT2D eigenvalue weighted by Crippen LogP contribution is -2.35. The molecule has 1 saturated heterocycles. The Morgan fingerprint density at radius 2 is 2.10 bits per heavy atom. The standard InChI is InChI=1S/C15H18F2N2O/c1-9-3-4-11(10(2)7-9)13-18-15(5-6-15)14(20)19(13)8-12(16)17/h3-4,7,12-13,18H,5-6,8H2,1-2H3. The lowest BCUT2D eigenvalue weighted by Gasteiger charge is -2.25. The summed E-state index contributed by atoms with van der Waals surface area (Å²) in [6, 6.07) is 5.89. The van der Waals surface area contributed by atoms with Crippen LogP contribution in [0.5, 0.6) is 0 Å². The third-order valence-corrected chi connectivity index (χ3v) is 4.20. The Bertz CT molecular complexity index is 555. The minimum Gasteiger partial charge on any atom is -0.316 e. The molecule has 0 bridgehead atoms. The number of amides is 1. The third kappa shape index (κ3) is 2.10. The Morgan fingerprint density at radius 1 is 1.40 bits per heavy atom. The van der Waals surface area contributed by atoms with Gasteiger partial charge in [-0.3, -0.25) is 10.1 Å². The summed E-state index contributed by atoms with van der Waals surface area (Å²) in [5, 5.41) is 3.27. The van der Waals surface area contributed by atoms with E-state index in [1.165, 1.54) is 4.90 Å². The number of halogens is 2. The van der Waals surface area contributed by atoms with Crippen molar-refractivity contribution < 1.29 is 13.6 Å². The first kappa shape index (κ1) is 13.5. The van der Waals surface area contributed by atoms with Crippen LogP contribution >= 0.6 is 0 Å². The van der Waals surface area contributed by atoms with Crippen molar-refractivity contribution >= 4 is 5.91 Å². The molecule has 1 unspecified atom stereocenters. The number of hydrogen-bond acceptors (Lipinski definition) is 2. The molecule has 1 heterocycles. The van der Waals surface area contributed by atoms with Crippen LogP contribution < -0.4 is 5.32 Å². The van der Waals surface area contributed by atoms with Crippen molar-refractivity contribution in [2.75, 3.05) is 6.54 Å². The molecule has 1 saturated carbocycles. The monoisotopic (exact) mass is 280 g/mol. The summed E-state index contributed by atoms with van der Waals surface area (Å²) in [6.45, 7) is 3.43. The highest BCUT2D eigenvalue weighted by molar-refractivity contribution is 5.92. The molecule has 20 heavy (non-hydrogen) atoms. The van der Waals surface area contributed by atoms with Crippen LogP contribution in [0.1, 0.15) is 35.7 Å². The lowest BCUT2D eigenvalue weighted by atomic mass is 10.0. The predicted octanol–water partition coefficient (Wildman–Crippen LogP) is 2.53. The zero-order chi connectivity index (χ0) is 14.5. The quantitative estimate of drug-likeness (QED) is 0.922. The minimum atomic E-state index is -2.51. The van der Waals surface area contributed by atoms with Crippen LogP contribution in [0.15, 0.2) is 18.2 Å². The van der Waals surface area contributed by atoms with Crippen LogP contribution in [0.3, 0.4) is 0 Å². The first-order valence-corrected chi connectivity index (χ1v) is 6.87. The van der Waals surface area contributed by atoms with Gasteiger partial charge in [0.05, 0.1) is 6.54 Å². The van der Waals surface area contributed by atoms with Gasteiger partial charge in [0.25, 0.3) is 6.43 Å². The van der Waals surface area contributed by atoms with Crippen LogP contribution in [0.2, 0.25) is 0 Å². The average Bonchev–Trinajstić information content (AvgIpc) is 3.09. The fraction of sp³-hybridized carbons (Fsp3) is 0.533. The van der Waals surface area contributed by atoms with E-state index in [0.717, 1.165) is 29.5 Å².